The van der Waals surface area contributed by atoms with E-state index in [0.717, 1.165) is 11.3 Å². The maximum absolute atomic E-state index is 13.2. The number of benzene rings is 2. The lowest BCUT2D eigenvalue weighted by molar-refractivity contribution is -0.115. The van der Waals surface area contributed by atoms with Crippen LogP contribution in [0, 0.1) is 0 Å². The number of aromatic nitrogens is 1. The molecule has 0 bridgehead atoms. The summed E-state index contributed by atoms with van der Waals surface area (Å²) in [6.07, 6.45) is 1.78. The molecule has 152 valence electrons. The monoisotopic (exact) mass is 402 g/mol. The summed E-state index contributed by atoms with van der Waals surface area (Å²) in [5.41, 5.74) is 2.51. The largest absolute Gasteiger partial charge is 0.507 e. The number of para-hydroxylation sites is 1. The first-order valence-electron chi connectivity index (χ1n) is 9.56. The van der Waals surface area contributed by atoms with Crippen molar-refractivity contribution in [3.63, 3.8) is 0 Å². The van der Waals surface area contributed by atoms with Gasteiger partial charge in [0.2, 0.25) is 0 Å². The van der Waals surface area contributed by atoms with Crippen LogP contribution in [0.2, 0.25) is 0 Å². The molecule has 2 heterocycles. The average molecular weight is 402 g/mol. The summed E-state index contributed by atoms with van der Waals surface area (Å²) in [5, 5.41) is 10.9. The van der Waals surface area contributed by atoms with Gasteiger partial charge >= 0.3 is 0 Å². The number of ketones is 1. The van der Waals surface area contributed by atoms with E-state index in [2.05, 4.69) is 4.98 Å². The molecule has 30 heavy (non-hydrogen) atoms. The Kier molecular flexibility index (Phi) is 5.39. The molecule has 0 saturated heterocycles. The summed E-state index contributed by atoms with van der Waals surface area (Å²) in [4.78, 5) is 19.6. The Hall–Kier alpha value is -3.80. The number of hydrogen-bond acceptors (Lipinski definition) is 6. The first kappa shape index (κ1) is 19.5. The lowest BCUT2D eigenvalue weighted by Crippen LogP contribution is -2.30. The Bertz CT molecular complexity index is 1110. The van der Waals surface area contributed by atoms with Crippen LogP contribution in [0.15, 0.2) is 72.4 Å². The number of pyridine rings is 1. The molecular formula is C24H22N2O4. The number of methoxy groups -OCH3 is 2. The normalized spacial score (nSPS) is 13.1. The van der Waals surface area contributed by atoms with Gasteiger partial charge in [0.15, 0.2) is 5.78 Å². The van der Waals surface area contributed by atoms with Crippen LogP contribution < -0.4 is 14.4 Å². The Morgan fingerprint density at radius 1 is 1.07 bits per heavy atom. The molecule has 1 aliphatic heterocycles. The highest BCUT2D eigenvalue weighted by Crippen LogP contribution is 2.37. The second-order valence-electron chi connectivity index (χ2n) is 6.90. The first-order chi connectivity index (χ1) is 14.6. The number of aliphatic hydroxyl groups excluding tert-OH is 1. The summed E-state index contributed by atoms with van der Waals surface area (Å²) in [6.45, 7) is 0.233. The van der Waals surface area contributed by atoms with Crippen molar-refractivity contribution in [3.05, 3.63) is 83.6 Å². The van der Waals surface area contributed by atoms with Crippen molar-refractivity contribution < 1.29 is 19.4 Å². The average Bonchev–Trinajstić information content (AvgIpc) is 2.80. The fourth-order valence-electron chi connectivity index (χ4n) is 3.59. The molecule has 6 heteroatoms. The van der Waals surface area contributed by atoms with Gasteiger partial charge in [0.05, 0.1) is 31.9 Å². The Morgan fingerprint density at radius 2 is 1.87 bits per heavy atom. The minimum Gasteiger partial charge on any atom is -0.507 e. The SMILES string of the molecule is COc1ccc(CC(=O)C2=C(O)c3cccnc3N(c3ccccc3)C2)c(OC)c1. The van der Waals surface area contributed by atoms with Gasteiger partial charge in [-0.1, -0.05) is 24.3 Å². The highest BCUT2D eigenvalue weighted by atomic mass is 16.5. The number of fused-ring (bicyclic) bond motifs is 1. The van der Waals surface area contributed by atoms with Crippen LogP contribution in [0.1, 0.15) is 11.1 Å². The van der Waals surface area contributed by atoms with Gasteiger partial charge in [-0.2, -0.15) is 0 Å². The smallest absolute Gasteiger partial charge is 0.168 e. The minimum absolute atomic E-state index is 0.0252. The quantitative estimate of drug-likeness (QED) is 0.662. The van der Waals surface area contributed by atoms with Gasteiger partial charge in [-0.05, 0) is 30.3 Å². The number of carbonyl (C=O) groups is 1. The second kappa shape index (κ2) is 8.29. The third kappa shape index (κ3) is 3.59. The van der Waals surface area contributed by atoms with E-state index < -0.39 is 0 Å². The highest BCUT2D eigenvalue weighted by molar-refractivity contribution is 6.06. The predicted molar refractivity (Wildman–Crippen MR) is 115 cm³/mol. The molecule has 0 unspecified atom stereocenters. The molecule has 2 aromatic carbocycles. The molecule has 0 atom stereocenters. The Morgan fingerprint density at radius 3 is 2.60 bits per heavy atom. The van der Waals surface area contributed by atoms with Crippen molar-refractivity contribution in [1.29, 1.82) is 0 Å². The third-order valence-corrected chi connectivity index (χ3v) is 5.15. The second-order valence-corrected chi connectivity index (χ2v) is 6.90. The first-order valence-corrected chi connectivity index (χ1v) is 9.56. The zero-order chi connectivity index (χ0) is 21.1. The molecule has 0 radical (unpaired) electrons. The van der Waals surface area contributed by atoms with Crippen molar-refractivity contribution in [3.8, 4) is 11.5 Å². The van der Waals surface area contributed by atoms with Gasteiger partial charge < -0.3 is 19.5 Å². The fourth-order valence-corrected chi connectivity index (χ4v) is 3.59. The number of hydrogen-bond donors (Lipinski definition) is 1. The van der Waals surface area contributed by atoms with Gasteiger partial charge in [-0.25, -0.2) is 4.98 Å². The molecular weight excluding hydrogens is 380 g/mol. The fraction of sp³-hybridized carbons (Fsp3) is 0.167. The van der Waals surface area contributed by atoms with Crippen LogP contribution in [0.4, 0.5) is 11.5 Å². The molecule has 1 aromatic heterocycles. The van der Waals surface area contributed by atoms with E-state index >= 15 is 0 Å². The maximum atomic E-state index is 13.2. The van der Waals surface area contributed by atoms with E-state index in [-0.39, 0.29) is 24.5 Å². The van der Waals surface area contributed by atoms with Crippen molar-refractivity contribution in [2.24, 2.45) is 0 Å². The molecule has 0 spiro atoms. The summed E-state index contributed by atoms with van der Waals surface area (Å²) in [7, 11) is 3.13. The highest BCUT2D eigenvalue weighted by Gasteiger charge is 2.30. The summed E-state index contributed by atoms with van der Waals surface area (Å²) in [5.74, 6) is 1.65. The topological polar surface area (TPSA) is 71.9 Å². The van der Waals surface area contributed by atoms with Crippen LogP contribution in [-0.2, 0) is 11.2 Å². The van der Waals surface area contributed by atoms with Gasteiger partial charge in [0.25, 0.3) is 0 Å². The number of anilines is 2. The van der Waals surface area contributed by atoms with Gasteiger partial charge in [0.1, 0.15) is 23.1 Å². The van der Waals surface area contributed by atoms with Crippen LogP contribution in [0.25, 0.3) is 5.76 Å². The summed E-state index contributed by atoms with van der Waals surface area (Å²) >= 11 is 0. The number of Topliss-reactive ketones (excluding diaryl/α,β-unsaturated/α-hetero) is 1. The van der Waals surface area contributed by atoms with Crippen LogP contribution >= 0.6 is 0 Å². The van der Waals surface area contributed by atoms with E-state index in [1.807, 2.05) is 35.2 Å². The van der Waals surface area contributed by atoms with Gasteiger partial charge in [0, 0.05) is 29.9 Å². The molecule has 6 nitrogen and oxygen atoms in total. The van der Waals surface area contributed by atoms with Crippen LogP contribution in [0.5, 0.6) is 11.5 Å². The minimum atomic E-state index is -0.175. The maximum Gasteiger partial charge on any atom is 0.168 e. The molecule has 1 N–H and O–H groups in total. The number of aliphatic hydroxyl groups is 1. The number of carbonyl (C=O) groups excluding carboxylic acids is 1. The summed E-state index contributed by atoms with van der Waals surface area (Å²) < 4.78 is 10.6. The van der Waals surface area contributed by atoms with E-state index in [1.54, 1.807) is 50.7 Å². The van der Waals surface area contributed by atoms with Crippen molar-refractivity contribution >= 4 is 23.0 Å². The number of rotatable bonds is 6. The molecule has 0 aliphatic carbocycles. The molecule has 4 rings (SSSR count). The zero-order valence-corrected chi connectivity index (χ0v) is 16.8. The molecule has 1 aliphatic rings. The Labute approximate surface area is 175 Å². The third-order valence-electron chi connectivity index (χ3n) is 5.15. The molecule has 3 aromatic rings. The molecule has 0 fully saturated rings. The van der Waals surface area contributed by atoms with Gasteiger partial charge in [-0.3, -0.25) is 4.79 Å². The van der Waals surface area contributed by atoms with Crippen molar-refractivity contribution in [2.45, 2.75) is 6.42 Å². The van der Waals surface area contributed by atoms with Crippen molar-refractivity contribution in [2.75, 3.05) is 25.7 Å². The van der Waals surface area contributed by atoms with Gasteiger partial charge in [-0.15, -0.1) is 0 Å². The van der Waals surface area contributed by atoms with E-state index in [4.69, 9.17) is 9.47 Å². The molecule has 0 saturated carbocycles. The standard InChI is InChI=1S/C24H22N2O4/c1-29-18-11-10-16(22(14-18)30-2)13-21(27)20-15-26(17-7-4-3-5-8-17)24-19(23(20)28)9-6-12-25-24/h3-12,14,28H,13,15H2,1-2H3. The summed E-state index contributed by atoms with van der Waals surface area (Å²) in [6, 6.07) is 18.6. The lowest BCUT2D eigenvalue weighted by Gasteiger charge is -2.31. The van der Waals surface area contributed by atoms with Crippen LogP contribution in [-0.4, -0.2) is 36.6 Å². The van der Waals surface area contributed by atoms with Crippen LogP contribution in [0.3, 0.4) is 0 Å². The molecule has 0 amide bonds. The van der Waals surface area contributed by atoms with Crippen molar-refractivity contribution in [1.82, 2.24) is 4.98 Å². The van der Waals surface area contributed by atoms with E-state index in [1.165, 1.54) is 0 Å². The predicted octanol–water partition coefficient (Wildman–Crippen LogP) is 4.33. The Balaban J connectivity index is 1.71. The number of ether oxygens (including phenoxy) is 2. The zero-order valence-electron chi connectivity index (χ0n) is 16.8. The van der Waals surface area contributed by atoms with E-state index in [9.17, 15) is 9.90 Å². The lowest BCUT2D eigenvalue weighted by atomic mass is 9.95. The number of nitrogens with zero attached hydrogens (tertiary/aromatic N) is 2. The van der Waals surface area contributed by atoms with E-state index in [0.29, 0.717) is 28.5 Å².